The van der Waals surface area contributed by atoms with Crippen LogP contribution in [0.1, 0.15) is 31.0 Å². The average molecular weight is 285 g/mol. The number of hydrogen-bond donors (Lipinski definition) is 1. The van der Waals surface area contributed by atoms with Gasteiger partial charge < -0.3 is 10.2 Å². The zero-order chi connectivity index (χ0) is 15.1. The molecule has 0 aliphatic heterocycles. The van der Waals surface area contributed by atoms with E-state index in [4.69, 9.17) is 0 Å². The van der Waals surface area contributed by atoms with Crippen molar-refractivity contribution < 1.29 is 0 Å². The second-order valence-corrected chi connectivity index (χ2v) is 5.18. The molecule has 0 atom stereocenters. The van der Waals surface area contributed by atoms with Gasteiger partial charge in [0.25, 0.3) is 0 Å². The number of aryl methyl sites for hydroxylation is 1. The Kier molecular flexibility index (Phi) is 5.49. The molecule has 1 N–H and O–H groups in total. The lowest BCUT2D eigenvalue weighted by molar-refractivity contribution is 0.757. The van der Waals surface area contributed by atoms with Gasteiger partial charge in [0, 0.05) is 44.3 Å². The third kappa shape index (κ3) is 4.70. The molecule has 0 spiro atoms. The molecule has 0 bridgehead atoms. The lowest BCUT2D eigenvalue weighted by Crippen LogP contribution is -2.20. The summed E-state index contributed by atoms with van der Waals surface area (Å²) in [5, 5.41) is 3.26. The van der Waals surface area contributed by atoms with Crippen LogP contribution in [0, 0.1) is 6.92 Å². The lowest BCUT2D eigenvalue weighted by Gasteiger charge is -2.19. The summed E-state index contributed by atoms with van der Waals surface area (Å²) >= 11 is 0. The van der Waals surface area contributed by atoms with E-state index >= 15 is 0 Å². The van der Waals surface area contributed by atoms with Crippen LogP contribution >= 0.6 is 0 Å². The van der Waals surface area contributed by atoms with Gasteiger partial charge in [-0.25, -0.2) is 4.98 Å². The number of unbranched alkanes of at least 4 members (excludes halogenated alkanes) is 1. The molecule has 5 nitrogen and oxygen atoms in total. The zero-order valence-corrected chi connectivity index (χ0v) is 13.0. The molecule has 0 radical (unpaired) electrons. The number of anilines is 2. The summed E-state index contributed by atoms with van der Waals surface area (Å²) in [7, 11) is 2.07. The Balaban J connectivity index is 2.04. The minimum atomic E-state index is 0.664. The number of aromatic nitrogens is 3. The molecular formula is C16H23N5. The summed E-state index contributed by atoms with van der Waals surface area (Å²) in [5.74, 6) is 1.63. The van der Waals surface area contributed by atoms with Gasteiger partial charge in [-0.1, -0.05) is 19.4 Å². The normalized spacial score (nSPS) is 10.4. The minimum Gasteiger partial charge on any atom is -0.360 e. The van der Waals surface area contributed by atoms with Crippen LogP contribution in [0.4, 0.5) is 11.8 Å². The third-order valence-electron chi connectivity index (χ3n) is 3.25. The number of hydrogen-bond acceptors (Lipinski definition) is 5. The highest BCUT2D eigenvalue weighted by Gasteiger charge is 2.06. The Morgan fingerprint density at radius 2 is 2.14 bits per heavy atom. The van der Waals surface area contributed by atoms with Gasteiger partial charge in [-0.05, 0) is 25.0 Å². The van der Waals surface area contributed by atoms with Crippen molar-refractivity contribution in [1.29, 1.82) is 0 Å². The molecule has 2 rings (SSSR count). The molecule has 2 heterocycles. The first kappa shape index (κ1) is 15.2. The largest absolute Gasteiger partial charge is 0.360 e. The molecule has 0 amide bonds. The second kappa shape index (κ2) is 7.57. The molecular weight excluding hydrogens is 262 g/mol. The van der Waals surface area contributed by atoms with Crippen molar-refractivity contribution in [3.05, 3.63) is 41.9 Å². The molecule has 112 valence electrons. The Morgan fingerprint density at radius 1 is 1.29 bits per heavy atom. The van der Waals surface area contributed by atoms with E-state index in [1.807, 2.05) is 31.3 Å². The van der Waals surface area contributed by atoms with Gasteiger partial charge in [0.05, 0.1) is 0 Å². The number of nitrogens with one attached hydrogen (secondary N) is 1. The molecule has 2 aromatic heterocycles. The van der Waals surface area contributed by atoms with E-state index in [1.165, 1.54) is 6.42 Å². The number of nitrogens with zero attached hydrogens (tertiary/aromatic N) is 4. The molecule has 2 aromatic rings. The van der Waals surface area contributed by atoms with Crippen LogP contribution in [0.3, 0.4) is 0 Å². The first-order valence-corrected chi connectivity index (χ1v) is 7.38. The van der Waals surface area contributed by atoms with Crippen LogP contribution in [0.25, 0.3) is 0 Å². The van der Waals surface area contributed by atoms with Crippen molar-refractivity contribution in [2.75, 3.05) is 23.8 Å². The van der Waals surface area contributed by atoms with Gasteiger partial charge in [-0.15, -0.1) is 0 Å². The summed E-state index contributed by atoms with van der Waals surface area (Å²) in [4.78, 5) is 15.3. The monoisotopic (exact) mass is 285 g/mol. The Labute approximate surface area is 126 Å². The van der Waals surface area contributed by atoms with Crippen molar-refractivity contribution >= 4 is 11.8 Å². The minimum absolute atomic E-state index is 0.664. The van der Waals surface area contributed by atoms with E-state index in [0.29, 0.717) is 12.5 Å². The fourth-order valence-corrected chi connectivity index (χ4v) is 2.02. The van der Waals surface area contributed by atoms with Gasteiger partial charge >= 0.3 is 0 Å². The summed E-state index contributed by atoms with van der Waals surface area (Å²) in [5.41, 5.74) is 2.08. The van der Waals surface area contributed by atoms with Crippen molar-refractivity contribution in [2.24, 2.45) is 0 Å². The predicted octanol–water partition coefficient (Wildman–Crippen LogP) is 3.03. The van der Waals surface area contributed by atoms with E-state index in [9.17, 15) is 0 Å². The van der Waals surface area contributed by atoms with Crippen molar-refractivity contribution in [2.45, 2.75) is 33.2 Å². The number of pyridine rings is 1. The summed E-state index contributed by atoms with van der Waals surface area (Å²) < 4.78 is 0. The SMILES string of the molecule is CCCCN(C)c1cc(C)nc(NCc2cccnc2)n1. The van der Waals surface area contributed by atoms with Crippen LogP contribution in [0.15, 0.2) is 30.6 Å². The van der Waals surface area contributed by atoms with Crippen molar-refractivity contribution in [1.82, 2.24) is 15.0 Å². The fraction of sp³-hybridized carbons (Fsp3) is 0.438. The van der Waals surface area contributed by atoms with Crippen molar-refractivity contribution in [3.63, 3.8) is 0 Å². The quantitative estimate of drug-likeness (QED) is 0.847. The van der Waals surface area contributed by atoms with E-state index in [-0.39, 0.29) is 0 Å². The molecule has 0 saturated heterocycles. The van der Waals surface area contributed by atoms with E-state index in [1.54, 1.807) is 6.20 Å². The van der Waals surface area contributed by atoms with Crippen LogP contribution in [0.2, 0.25) is 0 Å². The van der Waals surface area contributed by atoms with E-state index < -0.39 is 0 Å². The molecule has 0 unspecified atom stereocenters. The summed E-state index contributed by atoms with van der Waals surface area (Å²) in [6.45, 7) is 5.87. The van der Waals surface area contributed by atoms with Gasteiger partial charge in [0.2, 0.25) is 5.95 Å². The van der Waals surface area contributed by atoms with E-state index in [0.717, 1.165) is 30.0 Å². The highest BCUT2D eigenvalue weighted by atomic mass is 15.2. The lowest BCUT2D eigenvalue weighted by atomic mass is 10.3. The Morgan fingerprint density at radius 3 is 2.86 bits per heavy atom. The Hall–Kier alpha value is -2.17. The van der Waals surface area contributed by atoms with Gasteiger partial charge in [-0.3, -0.25) is 4.98 Å². The predicted molar refractivity (Wildman–Crippen MR) is 86.5 cm³/mol. The maximum atomic E-state index is 4.58. The highest BCUT2D eigenvalue weighted by Crippen LogP contribution is 2.14. The fourth-order valence-electron chi connectivity index (χ4n) is 2.02. The number of rotatable bonds is 7. The zero-order valence-electron chi connectivity index (χ0n) is 13.0. The Bertz CT molecular complexity index is 556. The topological polar surface area (TPSA) is 53.9 Å². The van der Waals surface area contributed by atoms with Gasteiger partial charge in [0.1, 0.15) is 5.82 Å². The molecule has 0 aromatic carbocycles. The maximum absolute atomic E-state index is 4.58. The first-order chi connectivity index (χ1) is 10.2. The summed E-state index contributed by atoms with van der Waals surface area (Å²) in [6, 6.07) is 5.98. The van der Waals surface area contributed by atoms with Crippen molar-refractivity contribution in [3.8, 4) is 0 Å². The van der Waals surface area contributed by atoms with Crippen LogP contribution in [0.5, 0.6) is 0 Å². The standard InChI is InChI=1S/C16H23N5/c1-4-5-9-21(3)15-10-13(2)19-16(20-15)18-12-14-7-6-8-17-11-14/h6-8,10-11H,4-5,9,12H2,1-3H3,(H,18,19,20). The van der Waals surface area contributed by atoms with E-state index in [2.05, 4.69) is 39.1 Å². The smallest absolute Gasteiger partial charge is 0.225 e. The highest BCUT2D eigenvalue weighted by molar-refractivity contribution is 5.44. The van der Waals surface area contributed by atoms with Gasteiger partial charge in [-0.2, -0.15) is 4.98 Å². The maximum Gasteiger partial charge on any atom is 0.225 e. The molecule has 5 heteroatoms. The molecule has 0 saturated carbocycles. The third-order valence-corrected chi connectivity index (χ3v) is 3.25. The molecule has 21 heavy (non-hydrogen) atoms. The second-order valence-electron chi connectivity index (χ2n) is 5.18. The molecule has 0 aliphatic carbocycles. The summed E-state index contributed by atoms with van der Waals surface area (Å²) in [6.07, 6.45) is 5.96. The van der Waals surface area contributed by atoms with Gasteiger partial charge in [0.15, 0.2) is 0 Å². The van der Waals surface area contributed by atoms with Crippen LogP contribution in [-0.4, -0.2) is 28.5 Å². The molecule has 0 fully saturated rings. The van der Waals surface area contributed by atoms with Crippen LogP contribution < -0.4 is 10.2 Å². The first-order valence-electron chi connectivity index (χ1n) is 7.38. The van der Waals surface area contributed by atoms with Crippen LogP contribution in [-0.2, 0) is 6.54 Å². The molecule has 0 aliphatic rings. The average Bonchev–Trinajstić information content (AvgIpc) is 2.51.